The topological polar surface area (TPSA) is 55.6 Å². The Morgan fingerprint density at radius 1 is 0.286 bits per heavy atom. The van der Waals surface area contributed by atoms with Gasteiger partial charge < -0.3 is 18.2 Å². The van der Waals surface area contributed by atoms with E-state index in [2.05, 4.69) is 273 Å². The van der Waals surface area contributed by atoms with Crippen molar-refractivity contribution < 1.29 is 13.3 Å². The maximum Gasteiger partial charge on any atom is 0.144 e. The second kappa shape index (κ2) is 16.8. The molecule has 0 unspecified atom stereocenters. The molecule has 0 saturated heterocycles. The van der Waals surface area contributed by atoms with Gasteiger partial charge in [-0.05, 0) is 179 Å². The molecule has 0 spiro atoms. The zero-order valence-electron chi connectivity index (χ0n) is 52.7. The van der Waals surface area contributed by atoms with Crippen molar-refractivity contribution in [3.63, 3.8) is 0 Å². The third-order valence-corrected chi connectivity index (χ3v) is 22.8. The minimum atomic E-state index is -0.403. The number of hydrogen-bond acceptors (Lipinski definition) is 5. The lowest BCUT2D eigenvalue weighted by molar-refractivity contribution is 0.600. The Morgan fingerprint density at radius 3 is 1.10 bits per heavy atom. The van der Waals surface area contributed by atoms with Gasteiger partial charge in [-0.15, -0.1) is 0 Å². The van der Waals surface area contributed by atoms with E-state index in [1.807, 2.05) is 12.4 Å². The largest absolute Gasteiger partial charge is 0.455 e. The highest BCUT2D eigenvalue weighted by atomic mass is 16.3. The third-order valence-electron chi connectivity index (χ3n) is 22.8. The van der Waals surface area contributed by atoms with Crippen LogP contribution in [0, 0.1) is 0 Å². The van der Waals surface area contributed by atoms with Crippen LogP contribution in [0.5, 0.6) is 0 Å². The molecule has 5 heteroatoms. The molecule has 436 valence electrons. The normalized spacial score (nSPS) is 16.5. The number of hydrogen-bond donors (Lipinski definition) is 0. The molecular formula is C86H64N2O3. The minimum Gasteiger partial charge on any atom is -0.455 e. The molecule has 5 aliphatic carbocycles. The van der Waals surface area contributed by atoms with E-state index in [9.17, 15) is 0 Å². The van der Waals surface area contributed by atoms with Crippen LogP contribution in [-0.4, -0.2) is 4.98 Å². The molecule has 91 heavy (non-hydrogen) atoms. The number of aromatic nitrogens is 1. The van der Waals surface area contributed by atoms with Crippen LogP contribution >= 0.6 is 0 Å². The molecule has 0 bridgehead atoms. The first-order valence-corrected chi connectivity index (χ1v) is 32.3. The van der Waals surface area contributed by atoms with Crippen LogP contribution in [0.4, 0.5) is 17.1 Å². The van der Waals surface area contributed by atoms with Crippen LogP contribution in [-0.2, 0) is 27.1 Å². The Labute approximate surface area is 528 Å². The van der Waals surface area contributed by atoms with Crippen LogP contribution < -0.4 is 4.90 Å². The highest BCUT2D eigenvalue weighted by Gasteiger charge is 2.51. The zero-order chi connectivity index (χ0) is 61.3. The first-order valence-electron chi connectivity index (χ1n) is 32.3. The van der Waals surface area contributed by atoms with Gasteiger partial charge in [-0.2, -0.15) is 0 Å². The molecule has 4 heterocycles. The molecule has 0 aliphatic heterocycles. The van der Waals surface area contributed by atoms with Gasteiger partial charge in [0.05, 0.1) is 0 Å². The number of nitrogens with zero attached hydrogens (tertiary/aromatic N) is 2. The smallest absolute Gasteiger partial charge is 0.144 e. The fourth-order valence-corrected chi connectivity index (χ4v) is 18.7. The van der Waals surface area contributed by atoms with Gasteiger partial charge in [-0.25, -0.2) is 0 Å². The molecule has 0 saturated carbocycles. The molecule has 15 aromatic rings. The number of fused-ring (bicyclic) bond motifs is 31. The van der Waals surface area contributed by atoms with E-state index < -0.39 is 16.2 Å². The summed E-state index contributed by atoms with van der Waals surface area (Å²) >= 11 is 0. The number of para-hydroxylation sites is 3. The summed E-state index contributed by atoms with van der Waals surface area (Å²) in [4.78, 5) is 7.00. The van der Waals surface area contributed by atoms with Gasteiger partial charge in [0.1, 0.15) is 33.5 Å². The van der Waals surface area contributed by atoms with Gasteiger partial charge in [0, 0.05) is 106 Å². The monoisotopic (exact) mass is 1170 g/mol. The lowest BCUT2D eigenvalue weighted by Crippen LogP contribution is -2.24. The van der Waals surface area contributed by atoms with Crippen LogP contribution in [0.25, 0.3) is 133 Å². The molecule has 0 N–H and O–H groups in total. The lowest BCUT2D eigenvalue weighted by Gasteiger charge is -2.33. The molecule has 0 atom stereocenters. The van der Waals surface area contributed by atoms with Crippen molar-refractivity contribution in [3.05, 3.63) is 262 Å². The van der Waals surface area contributed by atoms with Crippen molar-refractivity contribution in [1.29, 1.82) is 0 Å². The van der Waals surface area contributed by atoms with Gasteiger partial charge in [-0.3, -0.25) is 4.98 Å². The van der Waals surface area contributed by atoms with E-state index in [-0.39, 0.29) is 10.8 Å². The summed E-state index contributed by atoms with van der Waals surface area (Å²) < 4.78 is 21.2. The Bertz CT molecular complexity index is 5620. The van der Waals surface area contributed by atoms with Crippen LogP contribution in [0.1, 0.15) is 125 Å². The van der Waals surface area contributed by atoms with Crippen molar-refractivity contribution in [3.8, 4) is 66.8 Å². The fourth-order valence-electron chi connectivity index (χ4n) is 18.7. The fraction of sp³-hybridized carbons (Fsp3) is 0.174. The summed E-state index contributed by atoms with van der Waals surface area (Å²) in [6, 6.07) is 72.7. The van der Waals surface area contributed by atoms with Crippen LogP contribution in [0.2, 0.25) is 0 Å². The molecule has 5 nitrogen and oxygen atoms in total. The van der Waals surface area contributed by atoms with Gasteiger partial charge in [0.2, 0.25) is 0 Å². The average Bonchev–Trinajstić information content (AvgIpc) is 1.52. The lowest BCUT2D eigenvalue weighted by atomic mass is 9.72. The Kier molecular flexibility index (Phi) is 9.52. The quantitative estimate of drug-likeness (QED) is 0.176. The molecule has 0 radical (unpaired) electrons. The highest BCUT2D eigenvalue weighted by molar-refractivity contribution is 6.23. The van der Waals surface area contributed by atoms with Crippen molar-refractivity contribution in [2.75, 3.05) is 4.90 Å². The molecule has 20 rings (SSSR count). The molecule has 0 amide bonds. The summed E-state index contributed by atoms with van der Waals surface area (Å²) in [6.45, 7) is 24.4. The predicted molar refractivity (Wildman–Crippen MR) is 374 cm³/mol. The van der Waals surface area contributed by atoms with E-state index in [0.717, 1.165) is 83.2 Å². The summed E-state index contributed by atoms with van der Waals surface area (Å²) in [5.74, 6) is 0. The highest BCUT2D eigenvalue weighted by Crippen LogP contribution is 2.67. The van der Waals surface area contributed by atoms with E-state index in [1.54, 1.807) is 0 Å². The molecule has 11 aromatic carbocycles. The number of benzene rings is 11. The molecule has 4 aromatic heterocycles. The number of anilines is 3. The Hall–Kier alpha value is -10.2. The van der Waals surface area contributed by atoms with E-state index in [1.165, 1.54) is 122 Å². The maximum atomic E-state index is 7.13. The summed E-state index contributed by atoms with van der Waals surface area (Å²) in [6.07, 6.45) is 3.77. The Morgan fingerprint density at radius 2 is 0.637 bits per heavy atom. The van der Waals surface area contributed by atoms with Gasteiger partial charge >= 0.3 is 0 Å². The minimum absolute atomic E-state index is 0.277. The summed E-state index contributed by atoms with van der Waals surface area (Å²) in [7, 11) is 0. The first kappa shape index (κ1) is 51.6. The van der Waals surface area contributed by atoms with E-state index in [0.29, 0.717) is 0 Å². The third kappa shape index (κ3) is 6.16. The molecule has 5 aliphatic rings. The predicted octanol–water partition coefficient (Wildman–Crippen LogP) is 23.4. The zero-order valence-corrected chi connectivity index (χ0v) is 52.7. The maximum absolute atomic E-state index is 7.13. The number of furan rings is 3. The van der Waals surface area contributed by atoms with Crippen LogP contribution in [0.3, 0.4) is 0 Å². The molecule has 0 fully saturated rings. The SMILES string of the molecule is CC1(C)c2cc(N(c3ccc4c(c3)C(C)(C)c3c5c(c6oc7ccccc7c6c3-4)-c3ccccc3C5(C)C)c3ccc4c(c3)C(C)(C)c3c5c(c6oc7ccccc7c6c3-4)-c3ccccc3C5(C)C)ccc2-c2c1cc(-c1ccncc1)c1oc3ccccc3c21. The second-order valence-electron chi connectivity index (χ2n) is 29.2. The first-order chi connectivity index (χ1) is 44.0. The summed E-state index contributed by atoms with van der Waals surface area (Å²) in [5, 5.41) is 7.01. The second-order valence-corrected chi connectivity index (χ2v) is 29.2. The number of rotatable bonds is 4. The van der Waals surface area contributed by atoms with Crippen molar-refractivity contribution in [1.82, 2.24) is 4.98 Å². The van der Waals surface area contributed by atoms with Crippen LogP contribution in [0.15, 0.2) is 220 Å². The van der Waals surface area contributed by atoms with E-state index in [4.69, 9.17) is 13.3 Å². The molecular weight excluding hydrogens is 1110 g/mol. The average molecular weight is 1170 g/mol. The van der Waals surface area contributed by atoms with E-state index >= 15 is 0 Å². The van der Waals surface area contributed by atoms with Crippen molar-refractivity contribution in [2.24, 2.45) is 0 Å². The Balaban J connectivity index is 0.840. The van der Waals surface area contributed by atoms with Gasteiger partial charge in [0.25, 0.3) is 0 Å². The van der Waals surface area contributed by atoms with Crippen molar-refractivity contribution >= 4 is 82.9 Å². The number of pyridine rings is 1. The van der Waals surface area contributed by atoms with Crippen molar-refractivity contribution in [2.45, 2.75) is 96.3 Å². The van der Waals surface area contributed by atoms with Gasteiger partial charge in [-0.1, -0.05) is 191 Å². The summed E-state index contributed by atoms with van der Waals surface area (Å²) in [5.41, 5.74) is 35.4. The van der Waals surface area contributed by atoms with Gasteiger partial charge in [0.15, 0.2) is 0 Å². The standard InChI is InChI=1S/C86H64N2O3/c1-82(2)60-41-46(31-34-51(60)67-63(82)44-57(45-37-39-87-40-38-45)79-70(67)54-23-13-18-28-64(54)89-79)88(47-32-35-52-61(42-47)85(7,8)75-68(52)71-55-24-14-19-29-65(55)90-80(71)73-49-21-11-16-26-58(49)83(3,4)77(73)75)48-33-36-53-62(43-48)86(9,10)76-69(53)72-56-25-15-20-30-66(56)91-81(72)74-50-22-12-17-27-59(50)84(5,6)78(74)76/h11-44H,1-10H3.